The van der Waals surface area contributed by atoms with Crippen molar-refractivity contribution in [2.24, 2.45) is 5.73 Å². The van der Waals surface area contributed by atoms with Gasteiger partial charge >= 0.3 is 0 Å². The Balaban J connectivity index is 1.89. The Morgan fingerprint density at radius 1 is 1.29 bits per heavy atom. The normalized spacial score (nSPS) is 16.2. The summed E-state index contributed by atoms with van der Waals surface area (Å²) in [5, 5.41) is 0. The molecule has 1 aromatic rings. The van der Waals surface area contributed by atoms with Gasteiger partial charge < -0.3 is 15.5 Å². The van der Waals surface area contributed by atoms with Gasteiger partial charge in [0.15, 0.2) is 0 Å². The Kier molecular flexibility index (Phi) is 5.31. The highest BCUT2D eigenvalue weighted by molar-refractivity contribution is 7.80. The molecule has 1 fully saturated rings. The van der Waals surface area contributed by atoms with E-state index in [1.165, 1.54) is 0 Å². The van der Waals surface area contributed by atoms with Crippen LogP contribution in [0.2, 0.25) is 0 Å². The van der Waals surface area contributed by atoms with E-state index in [9.17, 15) is 4.79 Å². The second kappa shape index (κ2) is 7.00. The zero-order valence-corrected chi connectivity index (χ0v) is 13.5. The summed E-state index contributed by atoms with van der Waals surface area (Å²) in [6.07, 6.45) is 2.56. The second-order valence-corrected chi connectivity index (χ2v) is 6.25. The standard InChI is InChI=1S/C16H23N3OS/c1-18(2)14-7-9-19(10-8-14)15(20)11-12-3-5-13(6-4-12)16(17)21/h3-6,14H,7-11H2,1-2H3,(H2,17,21). The van der Waals surface area contributed by atoms with Gasteiger partial charge in [0.25, 0.3) is 0 Å². The van der Waals surface area contributed by atoms with Gasteiger partial charge in [0.2, 0.25) is 5.91 Å². The lowest BCUT2D eigenvalue weighted by Gasteiger charge is -2.35. The molecule has 5 heteroatoms. The lowest BCUT2D eigenvalue weighted by molar-refractivity contribution is -0.131. The number of nitrogens with zero attached hydrogens (tertiary/aromatic N) is 2. The third-order valence-corrected chi connectivity index (χ3v) is 4.38. The van der Waals surface area contributed by atoms with Crippen molar-refractivity contribution in [3.63, 3.8) is 0 Å². The number of benzene rings is 1. The third kappa shape index (κ3) is 4.25. The lowest BCUT2D eigenvalue weighted by Crippen LogP contribution is -2.44. The molecule has 21 heavy (non-hydrogen) atoms. The first-order valence-electron chi connectivity index (χ1n) is 7.30. The zero-order chi connectivity index (χ0) is 15.4. The molecule has 1 aliphatic rings. The van der Waals surface area contributed by atoms with Crippen molar-refractivity contribution in [2.75, 3.05) is 27.2 Å². The minimum absolute atomic E-state index is 0.204. The van der Waals surface area contributed by atoms with E-state index >= 15 is 0 Å². The molecule has 0 atom stereocenters. The van der Waals surface area contributed by atoms with Crippen molar-refractivity contribution in [3.05, 3.63) is 35.4 Å². The average Bonchev–Trinajstić information content (AvgIpc) is 2.47. The van der Waals surface area contributed by atoms with Gasteiger partial charge in [-0.1, -0.05) is 36.5 Å². The molecule has 114 valence electrons. The van der Waals surface area contributed by atoms with Crippen LogP contribution in [0.5, 0.6) is 0 Å². The van der Waals surface area contributed by atoms with Crippen molar-refractivity contribution in [1.82, 2.24) is 9.80 Å². The molecule has 0 saturated carbocycles. The van der Waals surface area contributed by atoms with Crippen LogP contribution in [0, 0.1) is 0 Å². The van der Waals surface area contributed by atoms with Crippen LogP contribution in [0.3, 0.4) is 0 Å². The molecular weight excluding hydrogens is 282 g/mol. The van der Waals surface area contributed by atoms with Gasteiger partial charge in [0.1, 0.15) is 4.99 Å². The molecule has 1 heterocycles. The number of nitrogens with two attached hydrogens (primary N) is 1. The van der Waals surface area contributed by atoms with Crippen LogP contribution in [-0.4, -0.2) is 53.9 Å². The predicted octanol–water partition coefficient (Wildman–Crippen LogP) is 1.42. The summed E-state index contributed by atoms with van der Waals surface area (Å²) in [5.41, 5.74) is 7.42. The van der Waals surface area contributed by atoms with E-state index in [1.54, 1.807) is 0 Å². The van der Waals surface area contributed by atoms with Crippen LogP contribution in [0.4, 0.5) is 0 Å². The molecule has 1 amide bonds. The van der Waals surface area contributed by atoms with E-state index in [2.05, 4.69) is 19.0 Å². The van der Waals surface area contributed by atoms with Crippen molar-refractivity contribution in [3.8, 4) is 0 Å². The van der Waals surface area contributed by atoms with Gasteiger partial charge in [-0.15, -0.1) is 0 Å². The van der Waals surface area contributed by atoms with E-state index < -0.39 is 0 Å². The number of piperidine rings is 1. The number of hydrogen-bond acceptors (Lipinski definition) is 3. The largest absolute Gasteiger partial charge is 0.389 e. The molecule has 0 unspecified atom stereocenters. The highest BCUT2D eigenvalue weighted by Gasteiger charge is 2.23. The van der Waals surface area contributed by atoms with E-state index in [0.717, 1.165) is 37.1 Å². The molecule has 2 rings (SSSR count). The molecule has 0 bridgehead atoms. The molecule has 0 spiro atoms. The molecule has 1 saturated heterocycles. The molecule has 1 aliphatic heterocycles. The average molecular weight is 305 g/mol. The minimum Gasteiger partial charge on any atom is -0.389 e. The Morgan fingerprint density at radius 2 is 1.86 bits per heavy atom. The Labute approximate surface area is 131 Å². The fourth-order valence-electron chi connectivity index (χ4n) is 2.70. The first kappa shape index (κ1) is 15.9. The quantitative estimate of drug-likeness (QED) is 0.855. The van der Waals surface area contributed by atoms with Gasteiger partial charge in [-0.05, 0) is 32.5 Å². The maximum Gasteiger partial charge on any atom is 0.226 e. The highest BCUT2D eigenvalue weighted by Crippen LogP contribution is 2.15. The van der Waals surface area contributed by atoms with Crippen molar-refractivity contribution in [2.45, 2.75) is 25.3 Å². The van der Waals surface area contributed by atoms with Crippen molar-refractivity contribution >= 4 is 23.1 Å². The van der Waals surface area contributed by atoms with Gasteiger partial charge in [0.05, 0.1) is 6.42 Å². The monoisotopic (exact) mass is 305 g/mol. The van der Waals surface area contributed by atoms with Crippen LogP contribution in [0.1, 0.15) is 24.0 Å². The summed E-state index contributed by atoms with van der Waals surface area (Å²) in [6.45, 7) is 1.71. The van der Waals surface area contributed by atoms with Gasteiger partial charge in [0, 0.05) is 24.7 Å². The Morgan fingerprint density at radius 3 is 2.33 bits per heavy atom. The van der Waals surface area contributed by atoms with E-state index in [-0.39, 0.29) is 5.91 Å². The van der Waals surface area contributed by atoms with Gasteiger partial charge in [-0.2, -0.15) is 0 Å². The summed E-state index contributed by atoms with van der Waals surface area (Å²) in [6, 6.07) is 8.21. The van der Waals surface area contributed by atoms with Gasteiger partial charge in [-0.3, -0.25) is 4.79 Å². The minimum atomic E-state index is 0.204. The van der Waals surface area contributed by atoms with E-state index in [4.69, 9.17) is 18.0 Å². The summed E-state index contributed by atoms with van der Waals surface area (Å²) < 4.78 is 0. The van der Waals surface area contributed by atoms with Crippen LogP contribution in [0.25, 0.3) is 0 Å². The fourth-order valence-corrected chi connectivity index (χ4v) is 2.84. The topological polar surface area (TPSA) is 49.6 Å². The molecule has 0 aliphatic carbocycles. The SMILES string of the molecule is CN(C)C1CCN(C(=O)Cc2ccc(C(N)=S)cc2)CC1. The summed E-state index contributed by atoms with van der Waals surface area (Å²) >= 11 is 4.93. The summed E-state index contributed by atoms with van der Waals surface area (Å²) in [7, 11) is 4.21. The highest BCUT2D eigenvalue weighted by atomic mass is 32.1. The summed E-state index contributed by atoms with van der Waals surface area (Å²) in [4.78, 5) is 16.9. The Hall–Kier alpha value is -1.46. The number of hydrogen-bond donors (Lipinski definition) is 1. The molecule has 4 nitrogen and oxygen atoms in total. The van der Waals surface area contributed by atoms with E-state index in [0.29, 0.717) is 17.5 Å². The van der Waals surface area contributed by atoms with Crippen LogP contribution < -0.4 is 5.73 Å². The predicted molar refractivity (Wildman–Crippen MR) is 89.3 cm³/mol. The van der Waals surface area contributed by atoms with Crippen LogP contribution >= 0.6 is 12.2 Å². The number of rotatable bonds is 4. The first-order chi connectivity index (χ1) is 9.97. The second-order valence-electron chi connectivity index (χ2n) is 5.81. The van der Waals surface area contributed by atoms with Crippen molar-refractivity contribution in [1.29, 1.82) is 0 Å². The first-order valence-corrected chi connectivity index (χ1v) is 7.71. The smallest absolute Gasteiger partial charge is 0.226 e. The zero-order valence-electron chi connectivity index (χ0n) is 12.7. The molecule has 0 aromatic heterocycles. The number of amides is 1. The molecular formula is C16H23N3OS. The van der Waals surface area contributed by atoms with Crippen LogP contribution in [0.15, 0.2) is 24.3 Å². The number of likely N-dealkylation sites (tertiary alicyclic amines) is 1. The van der Waals surface area contributed by atoms with Gasteiger partial charge in [-0.25, -0.2) is 0 Å². The number of carbonyl (C=O) groups excluding carboxylic acids is 1. The maximum absolute atomic E-state index is 12.3. The van der Waals surface area contributed by atoms with Crippen LogP contribution in [-0.2, 0) is 11.2 Å². The number of thiocarbonyl (C=S) groups is 1. The van der Waals surface area contributed by atoms with E-state index in [1.807, 2.05) is 29.2 Å². The molecule has 2 N–H and O–H groups in total. The molecule has 1 aromatic carbocycles. The third-order valence-electron chi connectivity index (χ3n) is 4.14. The summed E-state index contributed by atoms with van der Waals surface area (Å²) in [5.74, 6) is 0.204. The fraction of sp³-hybridized carbons (Fsp3) is 0.500. The van der Waals surface area contributed by atoms with Crippen molar-refractivity contribution < 1.29 is 4.79 Å². The number of carbonyl (C=O) groups is 1. The maximum atomic E-state index is 12.3. The Bertz CT molecular complexity index is 505. The lowest BCUT2D eigenvalue weighted by atomic mass is 10.0. The molecule has 0 radical (unpaired) electrons.